The highest BCUT2D eigenvalue weighted by molar-refractivity contribution is 6.35. The van der Waals surface area contributed by atoms with Gasteiger partial charge in [-0.05, 0) is 36.8 Å². The first kappa shape index (κ1) is 16.0. The van der Waals surface area contributed by atoms with E-state index >= 15 is 0 Å². The third-order valence-electron chi connectivity index (χ3n) is 3.94. The monoisotopic (exact) mass is 351 g/mol. The van der Waals surface area contributed by atoms with Crippen LogP contribution in [0.25, 0.3) is 0 Å². The van der Waals surface area contributed by atoms with Crippen molar-refractivity contribution in [3.63, 3.8) is 0 Å². The van der Waals surface area contributed by atoms with Crippen LogP contribution in [0.3, 0.4) is 0 Å². The molecule has 1 aliphatic heterocycles. The van der Waals surface area contributed by atoms with Gasteiger partial charge in [0.25, 0.3) is 5.91 Å². The molecule has 6 heteroatoms. The minimum absolute atomic E-state index is 0.127. The van der Waals surface area contributed by atoms with Crippen molar-refractivity contribution < 1.29 is 14.3 Å². The number of halogens is 2. The normalized spacial score (nSPS) is 13.7. The number of amides is 1. The third-order valence-corrected chi connectivity index (χ3v) is 4.50. The van der Waals surface area contributed by atoms with Crippen molar-refractivity contribution in [3.05, 3.63) is 57.6 Å². The van der Waals surface area contributed by atoms with Crippen molar-refractivity contribution in [3.8, 4) is 11.5 Å². The SMILES string of the molecule is CC(c1ccc(Cl)cc1Cl)N(C)C(=O)c1cccc2c1OCO2. The zero-order chi connectivity index (χ0) is 16.6. The maximum Gasteiger partial charge on any atom is 0.258 e. The van der Waals surface area contributed by atoms with Crippen LogP contribution in [0.15, 0.2) is 36.4 Å². The number of rotatable bonds is 3. The van der Waals surface area contributed by atoms with Gasteiger partial charge in [0.1, 0.15) is 0 Å². The molecule has 1 aliphatic rings. The zero-order valence-electron chi connectivity index (χ0n) is 12.7. The summed E-state index contributed by atoms with van der Waals surface area (Å²) in [5, 5.41) is 1.09. The summed E-state index contributed by atoms with van der Waals surface area (Å²) >= 11 is 12.2. The van der Waals surface area contributed by atoms with Crippen LogP contribution in [0.4, 0.5) is 0 Å². The Hall–Kier alpha value is -1.91. The first-order valence-corrected chi connectivity index (χ1v) is 7.85. The van der Waals surface area contributed by atoms with Gasteiger partial charge in [-0.2, -0.15) is 0 Å². The van der Waals surface area contributed by atoms with E-state index in [0.717, 1.165) is 5.56 Å². The highest BCUT2D eigenvalue weighted by Gasteiger charge is 2.27. The zero-order valence-corrected chi connectivity index (χ0v) is 14.2. The summed E-state index contributed by atoms with van der Waals surface area (Å²) in [7, 11) is 1.73. The lowest BCUT2D eigenvalue weighted by atomic mass is 10.1. The van der Waals surface area contributed by atoms with E-state index in [1.807, 2.05) is 13.0 Å². The van der Waals surface area contributed by atoms with Gasteiger partial charge >= 0.3 is 0 Å². The number of carbonyl (C=O) groups is 1. The third kappa shape index (κ3) is 2.96. The quantitative estimate of drug-likeness (QED) is 0.813. The summed E-state index contributed by atoms with van der Waals surface area (Å²) in [6, 6.07) is 10.3. The summed E-state index contributed by atoms with van der Waals surface area (Å²) in [6.07, 6.45) is 0. The van der Waals surface area contributed by atoms with Gasteiger partial charge in [0.05, 0.1) is 11.6 Å². The highest BCUT2D eigenvalue weighted by atomic mass is 35.5. The maximum absolute atomic E-state index is 12.8. The van der Waals surface area contributed by atoms with Gasteiger partial charge in [-0.1, -0.05) is 35.3 Å². The van der Waals surface area contributed by atoms with Crippen molar-refractivity contribution in [1.82, 2.24) is 4.90 Å². The fraction of sp³-hybridized carbons (Fsp3) is 0.235. The number of ether oxygens (including phenoxy) is 2. The van der Waals surface area contributed by atoms with Crippen molar-refractivity contribution in [2.24, 2.45) is 0 Å². The molecule has 23 heavy (non-hydrogen) atoms. The topological polar surface area (TPSA) is 38.8 Å². The second-order valence-corrected chi connectivity index (χ2v) is 6.14. The van der Waals surface area contributed by atoms with Crippen molar-refractivity contribution in [1.29, 1.82) is 0 Å². The number of carbonyl (C=O) groups excluding carboxylic acids is 1. The molecular weight excluding hydrogens is 337 g/mol. The van der Waals surface area contributed by atoms with Crippen LogP contribution in [0.1, 0.15) is 28.9 Å². The lowest BCUT2D eigenvalue weighted by Gasteiger charge is -2.26. The number of hydrogen-bond donors (Lipinski definition) is 0. The molecule has 1 unspecified atom stereocenters. The van der Waals surface area contributed by atoms with E-state index in [0.29, 0.717) is 27.1 Å². The van der Waals surface area contributed by atoms with Gasteiger partial charge in [0.2, 0.25) is 6.79 Å². The highest BCUT2D eigenvalue weighted by Crippen LogP contribution is 2.37. The predicted octanol–water partition coefficient (Wildman–Crippen LogP) is 4.56. The van der Waals surface area contributed by atoms with E-state index in [-0.39, 0.29) is 18.7 Å². The van der Waals surface area contributed by atoms with Gasteiger partial charge in [-0.25, -0.2) is 0 Å². The molecule has 0 saturated heterocycles. The molecular formula is C17H15Cl2NO3. The van der Waals surface area contributed by atoms with Crippen LogP contribution in [0.5, 0.6) is 11.5 Å². The molecule has 0 aliphatic carbocycles. The number of nitrogens with zero attached hydrogens (tertiary/aromatic N) is 1. The number of para-hydroxylation sites is 1. The Morgan fingerprint density at radius 1 is 1.22 bits per heavy atom. The predicted molar refractivity (Wildman–Crippen MR) is 89.5 cm³/mol. The summed E-state index contributed by atoms with van der Waals surface area (Å²) in [5.41, 5.74) is 1.30. The van der Waals surface area contributed by atoms with Crippen molar-refractivity contribution in [2.75, 3.05) is 13.8 Å². The van der Waals surface area contributed by atoms with Crippen molar-refractivity contribution >= 4 is 29.1 Å². The summed E-state index contributed by atoms with van der Waals surface area (Å²) in [4.78, 5) is 14.4. The number of hydrogen-bond acceptors (Lipinski definition) is 3. The van der Waals surface area contributed by atoms with E-state index < -0.39 is 0 Å². The van der Waals surface area contributed by atoms with E-state index in [1.165, 1.54) is 0 Å². The van der Waals surface area contributed by atoms with Crippen LogP contribution in [0, 0.1) is 0 Å². The van der Waals surface area contributed by atoms with E-state index in [2.05, 4.69) is 0 Å². The molecule has 0 saturated carbocycles. The second-order valence-electron chi connectivity index (χ2n) is 5.30. The average molecular weight is 352 g/mol. The minimum atomic E-state index is -0.217. The van der Waals surface area contributed by atoms with E-state index in [1.54, 1.807) is 42.3 Å². The second kappa shape index (κ2) is 6.30. The Morgan fingerprint density at radius 2 is 2.00 bits per heavy atom. The van der Waals surface area contributed by atoms with Gasteiger partial charge in [-0.3, -0.25) is 4.79 Å². The Balaban J connectivity index is 1.89. The summed E-state index contributed by atoms with van der Waals surface area (Å²) in [5.74, 6) is 0.908. The molecule has 2 aromatic rings. The first-order valence-electron chi connectivity index (χ1n) is 7.09. The fourth-order valence-corrected chi connectivity index (χ4v) is 3.08. The van der Waals surface area contributed by atoms with Gasteiger partial charge in [0.15, 0.2) is 11.5 Å². The van der Waals surface area contributed by atoms with Gasteiger partial charge in [0, 0.05) is 17.1 Å². The largest absolute Gasteiger partial charge is 0.454 e. The molecule has 0 fully saturated rings. The smallest absolute Gasteiger partial charge is 0.258 e. The molecule has 120 valence electrons. The van der Waals surface area contributed by atoms with Gasteiger partial charge < -0.3 is 14.4 Å². The first-order chi connectivity index (χ1) is 11.0. The molecule has 1 heterocycles. The molecule has 3 rings (SSSR count). The molecule has 0 aromatic heterocycles. The number of benzene rings is 2. The lowest BCUT2D eigenvalue weighted by molar-refractivity contribution is 0.0738. The molecule has 1 atom stereocenters. The molecule has 0 bridgehead atoms. The summed E-state index contributed by atoms with van der Waals surface area (Å²) < 4.78 is 10.7. The Labute approximate surface area is 144 Å². The molecule has 4 nitrogen and oxygen atoms in total. The van der Waals surface area contributed by atoms with Crippen LogP contribution >= 0.6 is 23.2 Å². The van der Waals surface area contributed by atoms with Crippen LogP contribution in [-0.2, 0) is 0 Å². The molecule has 0 radical (unpaired) electrons. The molecule has 0 N–H and O–H groups in total. The Bertz CT molecular complexity index is 763. The average Bonchev–Trinajstić information content (AvgIpc) is 3.01. The van der Waals surface area contributed by atoms with E-state index in [9.17, 15) is 4.79 Å². The lowest BCUT2D eigenvalue weighted by Crippen LogP contribution is -2.30. The molecule has 2 aromatic carbocycles. The molecule has 0 spiro atoms. The summed E-state index contributed by atoms with van der Waals surface area (Å²) in [6.45, 7) is 2.04. The van der Waals surface area contributed by atoms with Crippen LogP contribution in [0.2, 0.25) is 10.0 Å². The number of fused-ring (bicyclic) bond motifs is 1. The minimum Gasteiger partial charge on any atom is -0.454 e. The Kier molecular flexibility index (Phi) is 4.37. The standard InChI is InChI=1S/C17H15Cl2NO3/c1-10(12-7-6-11(18)8-14(12)19)20(2)17(21)13-4-3-5-15-16(13)23-9-22-15/h3-8,10H,9H2,1-2H3. The van der Waals surface area contributed by atoms with E-state index in [4.69, 9.17) is 32.7 Å². The van der Waals surface area contributed by atoms with Crippen molar-refractivity contribution in [2.45, 2.75) is 13.0 Å². The van der Waals surface area contributed by atoms with Crippen LogP contribution in [-0.4, -0.2) is 24.6 Å². The van der Waals surface area contributed by atoms with Crippen LogP contribution < -0.4 is 9.47 Å². The fourth-order valence-electron chi connectivity index (χ4n) is 2.51. The van der Waals surface area contributed by atoms with Gasteiger partial charge in [-0.15, -0.1) is 0 Å². The Morgan fingerprint density at radius 3 is 2.74 bits per heavy atom. The maximum atomic E-state index is 12.8. The molecule has 1 amide bonds.